The summed E-state index contributed by atoms with van der Waals surface area (Å²) in [7, 11) is 1.42. The summed E-state index contributed by atoms with van der Waals surface area (Å²) in [4.78, 5) is 27.9. The molecule has 3 aromatic rings. The van der Waals surface area contributed by atoms with Crippen LogP contribution in [0.3, 0.4) is 0 Å². The predicted molar refractivity (Wildman–Crippen MR) is 86.2 cm³/mol. The van der Waals surface area contributed by atoms with Gasteiger partial charge in [-0.3, -0.25) is 9.36 Å². The van der Waals surface area contributed by atoms with Crippen molar-refractivity contribution >= 4 is 39.0 Å². The van der Waals surface area contributed by atoms with Gasteiger partial charge in [0, 0.05) is 7.05 Å². The van der Waals surface area contributed by atoms with Crippen molar-refractivity contribution in [1.29, 1.82) is 0 Å². The van der Waals surface area contributed by atoms with Gasteiger partial charge in [0.1, 0.15) is 22.7 Å². The van der Waals surface area contributed by atoms with E-state index in [1.54, 1.807) is 13.0 Å². The molecule has 0 saturated heterocycles. The molecule has 0 spiro atoms. The number of nitrogens with one attached hydrogen (secondary N) is 1. The molecule has 23 heavy (non-hydrogen) atoms. The highest BCUT2D eigenvalue weighted by molar-refractivity contribution is 7.17. The number of halogens is 1. The Morgan fingerprint density at radius 3 is 2.83 bits per heavy atom. The van der Waals surface area contributed by atoms with E-state index in [0.717, 1.165) is 21.5 Å². The number of anilines is 2. The molecule has 2 heterocycles. The summed E-state index contributed by atoms with van der Waals surface area (Å²) in [5.41, 5.74) is 1.78. The molecule has 3 rings (SSSR count). The van der Waals surface area contributed by atoms with Crippen molar-refractivity contribution in [2.45, 2.75) is 6.92 Å². The number of pyridine rings is 1. The lowest BCUT2D eigenvalue weighted by atomic mass is 10.2. The Morgan fingerprint density at radius 2 is 2.17 bits per heavy atom. The van der Waals surface area contributed by atoms with Crippen molar-refractivity contribution in [2.24, 2.45) is 7.05 Å². The van der Waals surface area contributed by atoms with Crippen LogP contribution in [0.4, 0.5) is 15.9 Å². The molecule has 0 amide bonds. The van der Waals surface area contributed by atoms with Crippen molar-refractivity contribution in [2.75, 3.05) is 5.32 Å². The maximum Gasteiger partial charge on any atom is 0.340 e. The summed E-state index contributed by atoms with van der Waals surface area (Å²) in [6.07, 6.45) is 0. The number of fused-ring (bicyclic) bond motifs is 1. The molecule has 8 heteroatoms. The number of hydrogen-bond acceptors (Lipinski definition) is 5. The molecule has 0 aliphatic carbocycles. The summed E-state index contributed by atoms with van der Waals surface area (Å²) >= 11 is 1.06. The van der Waals surface area contributed by atoms with Crippen LogP contribution < -0.4 is 10.9 Å². The highest BCUT2D eigenvalue weighted by Crippen LogP contribution is 2.29. The highest BCUT2D eigenvalue weighted by Gasteiger charge is 2.22. The Labute approximate surface area is 133 Å². The molecule has 0 aliphatic rings. The number of carboxylic acid groups (broad SMARTS) is 1. The second-order valence-electron chi connectivity index (χ2n) is 5.03. The van der Waals surface area contributed by atoms with Crippen molar-refractivity contribution in [1.82, 2.24) is 9.55 Å². The fraction of sp³-hybridized carbons (Fsp3) is 0.133. The first-order valence-corrected chi connectivity index (χ1v) is 7.50. The van der Waals surface area contributed by atoms with Gasteiger partial charge < -0.3 is 10.4 Å². The molecule has 0 atom stereocenters. The Balaban J connectivity index is 2.27. The van der Waals surface area contributed by atoms with Gasteiger partial charge in [-0.25, -0.2) is 14.2 Å². The van der Waals surface area contributed by atoms with E-state index in [0.29, 0.717) is 0 Å². The average Bonchev–Trinajstić information content (AvgIpc) is 2.96. The minimum atomic E-state index is -1.22. The Kier molecular flexibility index (Phi) is 3.61. The molecule has 0 fully saturated rings. The number of aryl methyl sites for hydroxylation is 1. The molecule has 2 N–H and O–H groups in total. The lowest BCUT2D eigenvalue weighted by Gasteiger charge is -2.15. The van der Waals surface area contributed by atoms with Gasteiger partial charge in [-0.1, -0.05) is 6.07 Å². The van der Waals surface area contributed by atoms with Gasteiger partial charge in [0.15, 0.2) is 0 Å². The van der Waals surface area contributed by atoms with Crippen LogP contribution in [-0.2, 0) is 7.05 Å². The molecule has 0 saturated carbocycles. The van der Waals surface area contributed by atoms with Crippen LogP contribution in [-0.4, -0.2) is 20.6 Å². The van der Waals surface area contributed by atoms with Gasteiger partial charge in [-0.2, -0.15) is 0 Å². The SMILES string of the molecule is Cc1ccc(Nc2c(C(=O)O)c3scnc3c(=O)n2C)c(F)c1. The molecule has 0 aliphatic heterocycles. The van der Waals surface area contributed by atoms with Crippen LogP contribution >= 0.6 is 11.3 Å². The van der Waals surface area contributed by atoms with E-state index in [9.17, 15) is 19.1 Å². The number of aromatic carboxylic acids is 1. The monoisotopic (exact) mass is 333 g/mol. The number of nitrogens with zero attached hydrogens (tertiary/aromatic N) is 2. The van der Waals surface area contributed by atoms with Crippen molar-refractivity contribution in [3.8, 4) is 0 Å². The minimum Gasteiger partial charge on any atom is -0.478 e. The van der Waals surface area contributed by atoms with Gasteiger partial charge in [0.05, 0.1) is 15.9 Å². The molecular formula is C15H12FN3O3S. The van der Waals surface area contributed by atoms with Crippen LogP contribution in [0.5, 0.6) is 0 Å². The second kappa shape index (κ2) is 5.47. The molecule has 0 unspecified atom stereocenters. The number of benzene rings is 1. The zero-order chi connectivity index (χ0) is 16.7. The van der Waals surface area contributed by atoms with Gasteiger partial charge >= 0.3 is 5.97 Å². The number of carboxylic acids is 1. The second-order valence-corrected chi connectivity index (χ2v) is 5.89. The highest BCUT2D eigenvalue weighted by atomic mass is 32.1. The fourth-order valence-electron chi connectivity index (χ4n) is 2.31. The summed E-state index contributed by atoms with van der Waals surface area (Å²) in [6, 6.07) is 4.51. The van der Waals surface area contributed by atoms with Crippen LogP contribution in [0.25, 0.3) is 10.2 Å². The third-order valence-corrected chi connectivity index (χ3v) is 4.31. The van der Waals surface area contributed by atoms with Crippen LogP contribution in [0, 0.1) is 12.7 Å². The summed E-state index contributed by atoms with van der Waals surface area (Å²) in [5, 5.41) is 12.2. The molecular weight excluding hydrogens is 321 g/mol. The van der Waals surface area contributed by atoms with Crippen LogP contribution in [0.1, 0.15) is 15.9 Å². The molecule has 1 aromatic carbocycles. The quantitative estimate of drug-likeness (QED) is 0.770. The Hall–Kier alpha value is -2.74. The topological polar surface area (TPSA) is 84.2 Å². The number of hydrogen-bond donors (Lipinski definition) is 2. The first kappa shape index (κ1) is 15.2. The number of thiazole rings is 1. The van der Waals surface area contributed by atoms with Gasteiger partial charge in [-0.15, -0.1) is 11.3 Å². The minimum absolute atomic E-state index is 0.0157. The van der Waals surface area contributed by atoms with Gasteiger partial charge in [0.25, 0.3) is 5.56 Å². The zero-order valence-electron chi connectivity index (χ0n) is 12.3. The van der Waals surface area contributed by atoms with Crippen LogP contribution in [0.2, 0.25) is 0 Å². The zero-order valence-corrected chi connectivity index (χ0v) is 13.1. The van der Waals surface area contributed by atoms with E-state index in [-0.39, 0.29) is 27.3 Å². The van der Waals surface area contributed by atoms with E-state index < -0.39 is 17.3 Å². The van der Waals surface area contributed by atoms with Crippen molar-refractivity contribution in [3.63, 3.8) is 0 Å². The predicted octanol–water partition coefficient (Wildman–Crippen LogP) is 2.88. The van der Waals surface area contributed by atoms with E-state index in [4.69, 9.17) is 0 Å². The van der Waals surface area contributed by atoms with Crippen molar-refractivity contribution in [3.05, 3.63) is 51.0 Å². The van der Waals surface area contributed by atoms with E-state index in [1.165, 1.54) is 24.7 Å². The van der Waals surface area contributed by atoms with E-state index >= 15 is 0 Å². The van der Waals surface area contributed by atoms with E-state index in [1.807, 2.05) is 0 Å². The lowest BCUT2D eigenvalue weighted by molar-refractivity contribution is 0.0699. The van der Waals surface area contributed by atoms with Gasteiger partial charge in [0.2, 0.25) is 0 Å². The Morgan fingerprint density at radius 1 is 1.43 bits per heavy atom. The largest absolute Gasteiger partial charge is 0.478 e. The molecule has 6 nitrogen and oxygen atoms in total. The summed E-state index contributed by atoms with van der Waals surface area (Å²) < 4.78 is 15.4. The number of rotatable bonds is 3. The number of carbonyl (C=O) groups is 1. The molecule has 0 bridgehead atoms. The Bertz CT molecular complexity index is 994. The maximum absolute atomic E-state index is 14.0. The molecule has 2 aromatic heterocycles. The van der Waals surface area contributed by atoms with E-state index in [2.05, 4.69) is 10.3 Å². The summed E-state index contributed by atoms with van der Waals surface area (Å²) in [6.45, 7) is 1.74. The first-order valence-electron chi connectivity index (χ1n) is 6.62. The number of aromatic nitrogens is 2. The van der Waals surface area contributed by atoms with Gasteiger partial charge in [-0.05, 0) is 24.6 Å². The van der Waals surface area contributed by atoms with Crippen molar-refractivity contribution < 1.29 is 14.3 Å². The summed E-state index contributed by atoms with van der Waals surface area (Å²) in [5.74, 6) is -1.73. The standard InChI is InChI=1S/C15H12FN3O3S/c1-7-3-4-9(8(16)5-7)18-13-10(15(21)22)12-11(17-6-23-12)14(20)19(13)2/h3-6,18H,1-2H3,(H,21,22). The van der Waals surface area contributed by atoms with Crippen LogP contribution in [0.15, 0.2) is 28.5 Å². The third kappa shape index (κ3) is 2.46. The average molecular weight is 333 g/mol. The normalized spacial score (nSPS) is 10.9. The maximum atomic E-state index is 14.0. The lowest BCUT2D eigenvalue weighted by Crippen LogP contribution is -2.23. The molecule has 0 radical (unpaired) electrons. The first-order chi connectivity index (χ1) is 10.9. The fourth-order valence-corrected chi connectivity index (χ4v) is 3.12. The smallest absolute Gasteiger partial charge is 0.340 e. The third-order valence-electron chi connectivity index (χ3n) is 3.47. The molecule has 118 valence electrons.